The largest absolute Gasteiger partial charge is 0.379 e. The lowest BCUT2D eigenvalue weighted by molar-refractivity contribution is -0.138. The maximum atomic E-state index is 12.7. The lowest BCUT2D eigenvalue weighted by Gasteiger charge is -2.33. The molecular weight excluding hydrogens is 406 g/mol. The molecule has 0 aromatic heterocycles. The van der Waals surface area contributed by atoms with Crippen molar-refractivity contribution < 1.29 is 22.7 Å². The minimum Gasteiger partial charge on any atom is -0.379 e. The average molecular weight is 438 g/mol. The second-order valence-electron chi connectivity index (χ2n) is 8.16. The Morgan fingerprint density at radius 1 is 1.13 bits per heavy atom. The van der Waals surface area contributed by atoms with Crippen molar-refractivity contribution in [1.82, 2.24) is 14.5 Å². The van der Waals surface area contributed by atoms with Crippen molar-refractivity contribution in [3.8, 4) is 0 Å². The van der Waals surface area contributed by atoms with Crippen molar-refractivity contribution in [2.45, 2.75) is 38.1 Å². The summed E-state index contributed by atoms with van der Waals surface area (Å²) >= 11 is 0. The molecule has 1 N–H and O–H groups in total. The fraction of sp³-hybridized carbons (Fsp3) is 0.619. The highest BCUT2D eigenvalue weighted by Gasteiger charge is 2.29. The molecule has 1 aromatic carbocycles. The topological polar surface area (TPSA) is 96.0 Å². The minimum atomic E-state index is -3.52. The fourth-order valence-corrected chi connectivity index (χ4v) is 5.21. The Labute approximate surface area is 178 Å². The second kappa shape index (κ2) is 9.89. The fourth-order valence-electron chi connectivity index (χ4n) is 3.81. The molecule has 3 rings (SSSR count). The summed E-state index contributed by atoms with van der Waals surface area (Å²) in [6.07, 6.45) is 1.59. The summed E-state index contributed by atoms with van der Waals surface area (Å²) in [5.74, 6) is -0.257. The average Bonchev–Trinajstić information content (AvgIpc) is 2.77. The Bertz CT molecular complexity index is 848. The van der Waals surface area contributed by atoms with E-state index in [1.807, 2.05) is 13.8 Å². The highest BCUT2D eigenvalue weighted by Crippen LogP contribution is 2.20. The first kappa shape index (κ1) is 22.7. The highest BCUT2D eigenvalue weighted by molar-refractivity contribution is 7.89. The smallest absolute Gasteiger partial charge is 0.243 e. The van der Waals surface area contributed by atoms with E-state index in [0.717, 1.165) is 18.4 Å². The normalized spacial score (nSPS) is 20.9. The number of benzene rings is 1. The molecule has 2 saturated heterocycles. The molecule has 0 aliphatic carbocycles. The molecule has 2 heterocycles. The molecular formula is C21H31N3O5S. The molecule has 0 bridgehead atoms. The summed E-state index contributed by atoms with van der Waals surface area (Å²) in [4.78, 5) is 26.8. The summed E-state index contributed by atoms with van der Waals surface area (Å²) in [6.45, 7) is 6.76. The van der Waals surface area contributed by atoms with Crippen LogP contribution in [0.4, 0.5) is 0 Å². The number of hydrogen-bond donors (Lipinski definition) is 1. The molecule has 0 spiro atoms. The summed E-state index contributed by atoms with van der Waals surface area (Å²) in [6, 6.07) is 6.61. The quantitative estimate of drug-likeness (QED) is 0.722. The summed E-state index contributed by atoms with van der Waals surface area (Å²) in [7, 11) is -3.52. The van der Waals surface area contributed by atoms with Gasteiger partial charge in [-0.1, -0.05) is 26.0 Å². The molecule has 2 fully saturated rings. The van der Waals surface area contributed by atoms with E-state index in [2.05, 4.69) is 5.32 Å². The van der Waals surface area contributed by atoms with E-state index < -0.39 is 10.0 Å². The third-order valence-electron chi connectivity index (χ3n) is 5.60. The van der Waals surface area contributed by atoms with Gasteiger partial charge in [-0.2, -0.15) is 4.31 Å². The molecule has 166 valence electrons. The minimum absolute atomic E-state index is 0.0683. The van der Waals surface area contributed by atoms with Crippen LogP contribution in [0.1, 0.15) is 32.3 Å². The van der Waals surface area contributed by atoms with Crippen LogP contribution in [0, 0.1) is 11.8 Å². The zero-order valence-electron chi connectivity index (χ0n) is 17.7. The van der Waals surface area contributed by atoms with Crippen LogP contribution in [-0.4, -0.2) is 68.8 Å². The van der Waals surface area contributed by atoms with Crippen LogP contribution < -0.4 is 5.32 Å². The molecule has 1 aromatic rings. The number of sulfonamides is 1. The van der Waals surface area contributed by atoms with Gasteiger partial charge in [-0.3, -0.25) is 9.59 Å². The number of likely N-dealkylation sites (tertiary alicyclic amines) is 1. The van der Waals surface area contributed by atoms with Crippen molar-refractivity contribution >= 4 is 21.8 Å². The van der Waals surface area contributed by atoms with Crippen LogP contribution in [0.15, 0.2) is 29.2 Å². The van der Waals surface area contributed by atoms with Crippen molar-refractivity contribution in [3.05, 3.63) is 29.8 Å². The molecule has 0 radical (unpaired) electrons. The van der Waals surface area contributed by atoms with Gasteiger partial charge >= 0.3 is 0 Å². The van der Waals surface area contributed by atoms with Crippen LogP contribution in [0.2, 0.25) is 0 Å². The third-order valence-corrected chi connectivity index (χ3v) is 7.51. The predicted octanol–water partition coefficient (Wildman–Crippen LogP) is 1.22. The van der Waals surface area contributed by atoms with E-state index in [4.69, 9.17) is 4.74 Å². The van der Waals surface area contributed by atoms with E-state index in [9.17, 15) is 18.0 Å². The van der Waals surface area contributed by atoms with E-state index in [1.54, 1.807) is 29.2 Å². The maximum Gasteiger partial charge on any atom is 0.243 e. The van der Waals surface area contributed by atoms with Crippen molar-refractivity contribution in [3.63, 3.8) is 0 Å². The number of amides is 2. The zero-order valence-corrected chi connectivity index (χ0v) is 18.5. The van der Waals surface area contributed by atoms with Gasteiger partial charge in [0.1, 0.15) is 0 Å². The molecule has 0 saturated carbocycles. The molecule has 2 amide bonds. The monoisotopic (exact) mass is 437 g/mol. The number of ether oxygens (including phenoxy) is 1. The van der Waals surface area contributed by atoms with E-state index >= 15 is 0 Å². The van der Waals surface area contributed by atoms with Crippen molar-refractivity contribution in [2.75, 3.05) is 39.4 Å². The number of carbonyl (C=O) groups is 2. The van der Waals surface area contributed by atoms with Gasteiger partial charge in [-0.05, 0) is 30.5 Å². The summed E-state index contributed by atoms with van der Waals surface area (Å²) < 4.78 is 32.0. The molecule has 8 nitrogen and oxygen atoms in total. The Hall–Kier alpha value is -1.97. The molecule has 2 aliphatic heterocycles. The van der Waals surface area contributed by atoms with Crippen LogP contribution in [0.5, 0.6) is 0 Å². The number of rotatable bonds is 6. The van der Waals surface area contributed by atoms with Gasteiger partial charge in [0.25, 0.3) is 0 Å². The van der Waals surface area contributed by atoms with Crippen LogP contribution in [-0.2, 0) is 30.9 Å². The third kappa shape index (κ3) is 5.39. The van der Waals surface area contributed by atoms with Crippen LogP contribution in [0.3, 0.4) is 0 Å². The first-order valence-corrected chi connectivity index (χ1v) is 12.0. The van der Waals surface area contributed by atoms with Crippen LogP contribution in [0.25, 0.3) is 0 Å². The number of nitrogens with one attached hydrogen (secondary N) is 1. The lowest BCUT2D eigenvalue weighted by Crippen LogP contribution is -2.46. The Balaban J connectivity index is 1.54. The first-order valence-electron chi connectivity index (χ1n) is 10.5. The Morgan fingerprint density at radius 3 is 2.43 bits per heavy atom. The number of piperidine rings is 1. The highest BCUT2D eigenvalue weighted by atomic mass is 32.2. The Morgan fingerprint density at radius 2 is 1.80 bits per heavy atom. The van der Waals surface area contributed by atoms with Gasteiger partial charge in [0.05, 0.1) is 24.0 Å². The molecule has 1 unspecified atom stereocenters. The lowest BCUT2D eigenvalue weighted by atomic mass is 9.96. The van der Waals surface area contributed by atoms with Gasteiger partial charge in [0, 0.05) is 38.6 Å². The number of hydrogen-bond acceptors (Lipinski definition) is 5. The SMILES string of the molecule is CC(C)C(=O)N1CCCC(C(=O)NCc2ccc(S(=O)(=O)N3CCOCC3)cc2)C1. The van der Waals surface area contributed by atoms with Gasteiger partial charge in [0.2, 0.25) is 21.8 Å². The van der Waals surface area contributed by atoms with Gasteiger partial charge in [-0.15, -0.1) is 0 Å². The second-order valence-corrected chi connectivity index (χ2v) is 10.1. The molecule has 9 heteroatoms. The first-order chi connectivity index (χ1) is 14.3. The maximum absolute atomic E-state index is 12.7. The number of nitrogens with zero attached hydrogens (tertiary/aromatic N) is 2. The van der Waals surface area contributed by atoms with E-state index in [0.29, 0.717) is 45.9 Å². The standard InChI is InChI=1S/C21H31N3O5S/c1-16(2)21(26)23-9-3-4-18(15-23)20(25)22-14-17-5-7-19(8-6-17)30(27,28)24-10-12-29-13-11-24/h5-8,16,18H,3-4,9-15H2,1-2H3,(H,22,25). The number of morpholine rings is 1. The molecule has 1 atom stereocenters. The van der Waals surface area contributed by atoms with E-state index in [1.165, 1.54) is 4.31 Å². The Kier molecular flexibility index (Phi) is 7.49. The van der Waals surface area contributed by atoms with Gasteiger partial charge in [0.15, 0.2) is 0 Å². The number of carbonyl (C=O) groups excluding carboxylic acids is 2. The summed E-state index contributed by atoms with van der Waals surface area (Å²) in [5, 5.41) is 2.93. The van der Waals surface area contributed by atoms with Crippen molar-refractivity contribution in [2.24, 2.45) is 11.8 Å². The van der Waals surface area contributed by atoms with Gasteiger partial charge < -0.3 is 15.0 Å². The molecule has 2 aliphatic rings. The van der Waals surface area contributed by atoms with E-state index in [-0.39, 0.29) is 28.5 Å². The van der Waals surface area contributed by atoms with Crippen LogP contribution >= 0.6 is 0 Å². The zero-order chi connectivity index (χ0) is 21.7. The van der Waals surface area contributed by atoms with Gasteiger partial charge in [-0.25, -0.2) is 8.42 Å². The predicted molar refractivity (Wildman–Crippen MR) is 112 cm³/mol. The summed E-state index contributed by atoms with van der Waals surface area (Å²) in [5.41, 5.74) is 0.829. The van der Waals surface area contributed by atoms with Crippen molar-refractivity contribution in [1.29, 1.82) is 0 Å². The molecule has 30 heavy (non-hydrogen) atoms.